The van der Waals surface area contributed by atoms with E-state index in [2.05, 4.69) is 26.2 Å². The zero-order valence-corrected chi connectivity index (χ0v) is 18.3. The third kappa shape index (κ3) is 5.12. The summed E-state index contributed by atoms with van der Waals surface area (Å²) in [6.07, 6.45) is 3.22. The first-order chi connectivity index (χ1) is 15.5. The molecule has 162 valence electrons. The number of hydrogen-bond donors (Lipinski definition) is 1. The minimum Gasteiger partial charge on any atom is -0.459 e. The van der Waals surface area contributed by atoms with Gasteiger partial charge in [-0.05, 0) is 45.8 Å². The number of nitrogens with one attached hydrogen (secondary N) is 1. The van der Waals surface area contributed by atoms with E-state index in [1.54, 1.807) is 24.4 Å². The second kappa shape index (κ2) is 9.61. The topological polar surface area (TPSA) is 103 Å². The van der Waals surface area contributed by atoms with E-state index < -0.39 is 17.9 Å². The molecule has 0 fully saturated rings. The molecule has 3 aromatic heterocycles. The third-order valence-electron chi connectivity index (χ3n) is 4.66. The van der Waals surface area contributed by atoms with Gasteiger partial charge in [-0.3, -0.25) is 14.0 Å². The van der Waals surface area contributed by atoms with Gasteiger partial charge >= 0.3 is 5.97 Å². The van der Waals surface area contributed by atoms with Crippen LogP contribution in [0.5, 0.6) is 0 Å². The van der Waals surface area contributed by atoms with Gasteiger partial charge in [0, 0.05) is 23.2 Å². The average molecular weight is 496 g/mol. The highest BCUT2D eigenvalue weighted by Gasteiger charge is 2.24. The van der Waals surface area contributed by atoms with Gasteiger partial charge in [0.25, 0.3) is 11.5 Å². The first kappa shape index (κ1) is 21.5. The lowest BCUT2D eigenvalue weighted by atomic mass is 10.1. The fourth-order valence-corrected chi connectivity index (χ4v) is 3.46. The van der Waals surface area contributed by atoms with Crippen molar-refractivity contribution in [2.24, 2.45) is 0 Å². The molecule has 0 bridgehead atoms. The number of hydrogen-bond acceptors (Lipinski definition) is 6. The number of pyridine rings is 1. The number of carbonyl (C=O) groups is 2. The lowest BCUT2D eigenvalue weighted by Gasteiger charge is -2.17. The van der Waals surface area contributed by atoms with Gasteiger partial charge in [0.05, 0.1) is 12.0 Å². The van der Waals surface area contributed by atoms with Crippen LogP contribution in [0.15, 0.2) is 86.8 Å². The van der Waals surface area contributed by atoms with Crippen LogP contribution in [-0.4, -0.2) is 27.3 Å². The lowest BCUT2D eigenvalue weighted by Crippen LogP contribution is -2.43. The maximum absolute atomic E-state index is 12.8. The van der Waals surface area contributed by atoms with Crippen LogP contribution >= 0.6 is 15.9 Å². The van der Waals surface area contributed by atoms with Crippen LogP contribution in [0, 0.1) is 0 Å². The highest BCUT2D eigenvalue weighted by atomic mass is 79.9. The molecule has 0 radical (unpaired) electrons. The van der Waals surface area contributed by atoms with Crippen LogP contribution in [0.4, 0.5) is 0 Å². The first-order valence-corrected chi connectivity index (χ1v) is 10.5. The highest BCUT2D eigenvalue weighted by molar-refractivity contribution is 9.10. The van der Waals surface area contributed by atoms with E-state index >= 15 is 0 Å². The smallest absolute Gasteiger partial charge is 0.329 e. The van der Waals surface area contributed by atoms with E-state index in [0.717, 1.165) is 10.0 Å². The van der Waals surface area contributed by atoms with Crippen LogP contribution in [0.25, 0.3) is 5.65 Å². The van der Waals surface area contributed by atoms with E-state index in [0.29, 0.717) is 11.3 Å². The van der Waals surface area contributed by atoms with E-state index in [9.17, 15) is 14.4 Å². The van der Waals surface area contributed by atoms with Crippen LogP contribution in [0.1, 0.15) is 21.8 Å². The van der Waals surface area contributed by atoms with Crippen molar-refractivity contribution in [3.05, 3.63) is 105 Å². The minimum atomic E-state index is -0.951. The Labute approximate surface area is 191 Å². The monoisotopic (exact) mass is 495 g/mol. The number of benzene rings is 1. The molecule has 0 unspecified atom stereocenters. The molecule has 0 aliphatic heterocycles. The second-order valence-corrected chi connectivity index (χ2v) is 7.88. The number of amides is 1. The second-order valence-electron chi connectivity index (χ2n) is 6.96. The number of halogens is 1. The molecule has 0 spiro atoms. The molecule has 0 saturated heterocycles. The molecule has 8 nitrogen and oxygen atoms in total. The Morgan fingerprint density at radius 3 is 2.69 bits per heavy atom. The van der Waals surface area contributed by atoms with Crippen LogP contribution < -0.4 is 10.9 Å². The largest absolute Gasteiger partial charge is 0.459 e. The number of carbonyl (C=O) groups excluding carboxylic acids is 2. The van der Waals surface area contributed by atoms with Crippen molar-refractivity contribution in [1.29, 1.82) is 0 Å². The van der Waals surface area contributed by atoms with E-state index in [4.69, 9.17) is 9.15 Å². The van der Waals surface area contributed by atoms with Gasteiger partial charge < -0.3 is 14.5 Å². The molecule has 4 aromatic rings. The molecule has 0 aliphatic carbocycles. The molecule has 1 aromatic carbocycles. The van der Waals surface area contributed by atoms with Crippen molar-refractivity contribution in [3.63, 3.8) is 0 Å². The molecule has 9 heteroatoms. The Hall–Kier alpha value is -3.72. The van der Waals surface area contributed by atoms with Gasteiger partial charge in [0.2, 0.25) is 0 Å². The molecule has 1 amide bonds. The zero-order valence-electron chi connectivity index (χ0n) is 16.7. The van der Waals surface area contributed by atoms with E-state index in [1.165, 1.54) is 22.8 Å². The summed E-state index contributed by atoms with van der Waals surface area (Å²) in [5.74, 6) is -1.08. The summed E-state index contributed by atoms with van der Waals surface area (Å²) in [5, 5.41) is 2.65. The number of fused-ring (bicyclic) bond motifs is 1. The quantitative estimate of drug-likeness (QED) is 0.395. The molecular formula is C23H18BrN3O5. The Morgan fingerprint density at radius 1 is 1.12 bits per heavy atom. The van der Waals surface area contributed by atoms with Crippen LogP contribution in [-0.2, 0) is 22.6 Å². The molecule has 1 N–H and O–H groups in total. The van der Waals surface area contributed by atoms with Gasteiger partial charge in [0.1, 0.15) is 18.3 Å². The van der Waals surface area contributed by atoms with Crippen molar-refractivity contribution in [3.8, 4) is 0 Å². The van der Waals surface area contributed by atoms with Gasteiger partial charge in [0.15, 0.2) is 5.76 Å². The Balaban J connectivity index is 1.50. The highest BCUT2D eigenvalue weighted by Crippen LogP contribution is 2.11. The zero-order chi connectivity index (χ0) is 22.5. The minimum absolute atomic E-state index is 0.0891. The summed E-state index contributed by atoms with van der Waals surface area (Å²) in [6.45, 7) is -0.206. The summed E-state index contributed by atoms with van der Waals surface area (Å²) in [7, 11) is 0. The number of nitrogens with zero attached hydrogens (tertiary/aromatic N) is 2. The number of ether oxygens (including phenoxy) is 1. The summed E-state index contributed by atoms with van der Waals surface area (Å²) in [4.78, 5) is 42.0. The summed E-state index contributed by atoms with van der Waals surface area (Å²) >= 11 is 3.31. The molecular weight excluding hydrogens is 478 g/mol. The molecule has 4 rings (SSSR count). The fraction of sp³-hybridized carbons (Fsp3) is 0.130. The number of furan rings is 1. The summed E-state index contributed by atoms with van der Waals surface area (Å²) in [6, 6.07) is 16.1. The average Bonchev–Trinajstić information content (AvgIpc) is 3.33. The van der Waals surface area contributed by atoms with Crippen molar-refractivity contribution >= 4 is 33.5 Å². The van der Waals surface area contributed by atoms with Gasteiger partial charge in [-0.1, -0.05) is 30.3 Å². The Bertz CT molecular complexity index is 1300. The van der Waals surface area contributed by atoms with Gasteiger partial charge in [-0.25, -0.2) is 9.78 Å². The normalized spacial score (nSPS) is 11.8. The number of aromatic nitrogens is 2. The predicted molar refractivity (Wildman–Crippen MR) is 119 cm³/mol. The predicted octanol–water partition coefficient (Wildman–Crippen LogP) is 3.13. The van der Waals surface area contributed by atoms with Gasteiger partial charge in [-0.15, -0.1) is 0 Å². The summed E-state index contributed by atoms with van der Waals surface area (Å²) in [5.41, 5.74) is 1.29. The van der Waals surface area contributed by atoms with E-state index in [-0.39, 0.29) is 24.3 Å². The van der Waals surface area contributed by atoms with Gasteiger partial charge in [-0.2, -0.15) is 0 Å². The lowest BCUT2D eigenvalue weighted by molar-refractivity contribution is -0.147. The summed E-state index contributed by atoms with van der Waals surface area (Å²) < 4.78 is 12.6. The van der Waals surface area contributed by atoms with Crippen LogP contribution in [0.3, 0.4) is 0 Å². The molecule has 32 heavy (non-hydrogen) atoms. The fourth-order valence-electron chi connectivity index (χ4n) is 3.13. The Kier molecular flexibility index (Phi) is 6.46. The maximum atomic E-state index is 12.8. The molecule has 0 saturated carbocycles. The Morgan fingerprint density at radius 2 is 1.94 bits per heavy atom. The first-order valence-electron chi connectivity index (χ1n) is 9.72. The molecule has 0 aliphatic rings. The SMILES string of the molecule is O=C(N[C@@H](Cc1ccccc1)C(=O)OCc1cc(=O)n2cc(Br)ccc2n1)c1ccco1. The number of esters is 1. The number of rotatable bonds is 7. The standard InChI is InChI=1S/C23H18BrN3O5/c24-16-8-9-20-25-17(12-21(28)27(20)13-16)14-32-23(30)18(11-15-5-2-1-3-6-15)26-22(29)19-7-4-10-31-19/h1-10,12-13,18H,11,14H2,(H,26,29)/t18-/m0/s1. The van der Waals surface area contributed by atoms with Crippen molar-refractivity contribution in [2.75, 3.05) is 0 Å². The van der Waals surface area contributed by atoms with Crippen LogP contribution in [0.2, 0.25) is 0 Å². The van der Waals surface area contributed by atoms with Crippen molar-refractivity contribution in [2.45, 2.75) is 19.1 Å². The van der Waals surface area contributed by atoms with Crippen molar-refractivity contribution < 1.29 is 18.7 Å². The van der Waals surface area contributed by atoms with Crippen molar-refractivity contribution in [1.82, 2.24) is 14.7 Å². The third-order valence-corrected chi connectivity index (χ3v) is 5.13. The maximum Gasteiger partial charge on any atom is 0.329 e. The van der Waals surface area contributed by atoms with E-state index in [1.807, 2.05) is 30.3 Å². The molecule has 1 atom stereocenters. The molecule has 3 heterocycles.